The first-order valence-electron chi connectivity index (χ1n) is 6.47. The van der Waals surface area contributed by atoms with Crippen LogP contribution in [-0.2, 0) is 6.42 Å². The van der Waals surface area contributed by atoms with Crippen LogP contribution in [0.25, 0.3) is 0 Å². The molecule has 1 aromatic carbocycles. The van der Waals surface area contributed by atoms with E-state index in [4.69, 9.17) is 23.7 Å². The standard InChI is InChI=1S/C15H16N4OS/c1-2-10-11(14(17)20)5-6-12(13(10)16)15(21)19-9-4-3-7-18-8-9/h3-8H,2,16H2,1H3,(H2,17,20)(H,19,21). The van der Waals surface area contributed by atoms with Crippen molar-refractivity contribution in [2.45, 2.75) is 13.3 Å². The summed E-state index contributed by atoms with van der Waals surface area (Å²) in [5, 5.41) is 3.07. The molecule has 0 aliphatic heterocycles. The first kappa shape index (κ1) is 14.9. The molecular weight excluding hydrogens is 284 g/mol. The third kappa shape index (κ3) is 3.17. The van der Waals surface area contributed by atoms with E-state index in [1.807, 2.05) is 19.1 Å². The number of nitrogens with one attached hydrogen (secondary N) is 1. The van der Waals surface area contributed by atoms with Crippen LogP contribution in [0.5, 0.6) is 0 Å². The lowest BCUT2D eigenvalue weighted by Gasteiger charge is -2.15. The molecule has 1 amide bonds. The van der Waals surface area contributed by atoms with Gasteiger partial charge < -0.3 is 16.8 Å². The van der Waals surface area contributed by atoms with E-state index in [9.17, 15) is 4.79 Å². The Hall–Kier alpha value is -2.47. The largest absolute Gasteiger partial charge is 0.398 e. The molecule has 0 radical (unpaired) electrons. The predicted molar refractivity (Wildman–Crippen MR) is 88.3 cm³/mol. The first-order chi connectivity index (χ1) is 10.0. The molecule has 2 rings (SSSR count). The summed E-state index contributed by atoms with van der Waals surface area (Å²) in [6, 6.07) is 7.03. The molecule has 0 fully saturated rings. The van der Waals surface area contributed by atoms with Gasteiger partial charge in [-0.1, -0.05) is 19.1 Å². The zero-order valence-electron chi connectivity index (χ0n) is 11.6. The molecule has 108 valence electrons. The van der Waals surface area contributed by atoms with Crippen LogP contribution in [0.1, 0.15) is 28.4 Å². The second-order valence-electron chi connectivity index (χ2n) is 4.47. The summed E-state index contributed by atoms with van der Waals surface area (Å²) in [4.78, 5) is 15.9. The van der Waals surface area contributed by atoms with Crippen LogP contribution in [0, 0.1) is 0 Å². The van der Waals surface area contributed by atoms with Gasteiger partial charge in [-0.25, -0.2) is 0 Å². The molecule has 2 aromatic rings. The van der Waals surface area contributed by atoms with Crippen LogP contribution >= 0.6 is 12.2 Å². The Labute approximate surface area is 128 Å². The maximum absolute atomic E-state index is 11.4. The van der Waals surface area contributed by atoms with Crippen molar-refractivity contribution in [3.63, 3.8) is 0 Å². The molecule has 0 saturated carbocycles. The van der Waals surface area contributed by atoms with Gasteiger partial charge in [-0.2, -0.15) is 0 Å². The van der Waals surface area contributed by atoms with Gasteiger partial charge in [0.1, 0.15) is 4.99 Å². The second-order valence-corrected chi connectivity index (χ2v) is 4.87. The van der Waals surface area contributed by atoms with Crippen LogP contribution in [0.2, 0.25) is 0 Å². The SMILES string of the molecule is CCc1c(C(N)=O)ccc(C(=S)Nc2cccnc2)c1N. The molecule has 6 heteroatoms. The molecule has 1 aromatic heterocycles. The number of hydrogen-bond acceptors (Lipinski definition) is 4. The van der Waals surface area contributed by atoms with Gasteiger partial charge in [0.15, 0.2) is 0 Å². The highest BCUT2D eigenvalue weighted by Crippen LogP contribution is 2.24. The molecule has 0 aliphatic rings. The van der Waals surface area contributed by atoms with Gasteiger partial charge in [0.25, 0.3) is 0 Å². The average Bonchev–Trinajstić information content (AvgIpc) is 2.47. The molecule has 0 aliphatic carbocycles. The Morgan fingerprint density at radius 3 is 2.62 bits per heavy atom. The number of amides is 1. The van der Waals surface area contributed by atoms with Crippen LogP contribution in [0.15, 0.2) is 36.7 Å². The summed E-state index contributed by atoms with van der Waals surface area (Å²) >= 11 is 5.37. The summed E-state index contributed by atoms with van der Waals surface area (Å²) in [6.45, 7) is 1.92. The van der Waals surface area contributed by atoms with Gasteiger partial charge in [-0.05, 0) is 36.2 Å². The minimum absolute atomic E-state index is 0.433. The predicted octanol–water partition coefficient (Wildman–Crippen LogP) is 2.11. The van der Waals surface area contributed by atoms with Gasteiger partial charge in [0.2, 0.25) is 5.91 Å². The number of nitrogen functional groups attached to an aromatic ring is 1. The van der Waals surface area contributed by atoms with Gasteiger partial charge in [-0.3, -0.25) is 9.78 Å². The van der Waals surface area contributed by atoms with Gasteiger partial charge in [0, 0.05) is 23.0 Å². The van der Waals surface area contributed by atoms with Crippen molar-refractivity contribution >= 4 is 34.5 Å². The van der Waals surface area contributed by atoms with Crippen LogP contribution in [-0.4, -0.2) is 15.9 Å². The number of carbonyl (C=O) groups is 1. The van der Waals surface area contributed by atoms with E-state index in [0.29, 0.717) is 28.2 Å². The normalized spacial score (nSPS) is 10.1. The fourth-order valence-corrected chi connectivity index (χ4v) is 2.41. The number of benzene rings is 1. The molecule has 0 atom stereocenters. The third-order valence-corrected chi connectivity index (χ3v) is 3.46. The topological polar surface area (TPSA) is 94.0 Å². The monoisotopic (exact) mass is 300 g/mol. The highest BCUT2D eigenvalue weighted by Gasteiger charge is 2.15. The van der Waals surface area contributed by atoms with E-state index in [2.05, 4.69) is 10.3 Å². The summed E-state index contributed by atoms with van der Waals surface area (Å²) in [6.07, 6.45) is 3.95. The van der Waals surface area contributed by atoms with Crippen LogP contribution in [0.4, 0.5) is 11.4 Å². The van der Waals surface area contributed by atoms with E-state index >= 15 is 0 Å². The van der Waals surface area contributed by atoms with Gasteiger partial charge >= 0.3 is 0 Å². The van der Waals surface area contributed by atoms with E-state index < -0.39 is 5.91 Å². The zero-order valence-corrected chi connectivity index (χ0v) is 12.4. The number of carbonyl (C=O) groups excluding carboxylic acids is 1. The van der Waals surface area contributed by atoms with E-state index in [-0.39, 0.29) is 0 Å². The zero-order chi connectivity index (χ0) is 15.4. The number of nitrogens with zero attached hydrogens (tertiary/aromatic N) is 1. The Balaban J connectivity index is 2.36. The van der Waals surface area contributed by atoms with E-state index in [1.54, 1.807) is 24.5 Å². The van der Waals surface area contributed by atoms with Crippen molar-refractivity contribution in [3.05, 3.63) is 53.3 Å². The summed E-state index contributed by atoms with van der Waals surface area (Å²) in [7, 11) is 0. The molecule has 0 unspecified atom stereocenters. The lowest BCUT2D eigenvalue weighted by Crippen LogP contribution is -2.18. The molecule has 21 heavy (non-hydrogen) atoms. The average molecular weight is 300 g/mol. The molecular formula is C15H16N4OS. The number of thiocarbonyl (C=S) groups is 1. The minimum Gasteiger partial charge on any atom is -0.398 e. The van der Waals surface area contributed by atoms with Crippen LogP contribution < -0.4 is 16.8 Å². The number of primary amides is 1. The molecule has 5 nitrogen and oxygen atoms in total. The lowest BCUT2D eigenvalue weighted by molar-refractivity contribution is 0.0999. The highest BCUT2D eigenvalue weighted by molar-refractivity contribution is 7.81. The van der Waals surface area contributed by atoms with Crippen molar-refractivity contribution in [3.8, 4) is 0 Å². The summed E-state index contributed by atoms with van der Waals surface area (Å²) in [5.41, 5.74) is 14.6. The van der Waals surface area contributed by atoms with Gasteiger partial charge in [0.05, 0.1) is 11.9 Å². The van der Waals surface area contributed by atoms with Crippen molar-refractivity contribution in [1.82, 2.24) is 4.98 Å². The number of rotatable bonds is 4. The summed E-state index contributed by atoms with van der Waals surface area (Å²) < 4.78 is 0. The van der Waals surface area contributed by atoms with Crippen molar-refractivity contribution < 1.29 is 4.79 Å². The number of anilines is 2. The third-order valence-electron chi connectivity index (χ3n) is 3.14. The molecule has 0 bridgehead atoms. The molecule has 0 saturated heterocycles. The first-order valence-corrected chi connectivity index (χ1v) is 6.88. The van der Waals surface area contributed by atoms with Crippen molar-refractivity contribution in [1.29, 1.82) is 0 Å². The fourth-order valence-electron chi connectivity index (χ4n) is 2.11. The Kier molecular flexibility index (Phi) is 4.49. The smallest absolute Gasteiger partial charge is 0.249 e. The fraction of sp³-hybridized carbons (Fsp3) is 0.133. The molecule has 5 N–H and O–H groups in total. The number of nitrogens with two attached hydrogens (primary N) is 2. The number of pyridine rings is 1. The van der Waals surface area contributed by atoms with Crippen molar-refractivity contribution in [2.75, 3.05) is 11.1 Å². The Morgan fingerprint density at radius 1 is 1.33 bits per heavy atom. The van der Waals surface area contributed by atoms with Crippen LogP contribution in [0.3, 0.4) is 0 Å². The van der Waals surface area contributed by atoms with E-state index in [1.165, 1.54) is 0 Å². The lowest BCUT2D eigenvalue weighted by atomic mass is 9.98. The van der Waals surface area contributed by atoms with E-state index in [0.717, 1.165) is 11.3 Å². The quantitative estimate of drug-likeness (QED) is 0.594. The maximum atomic E-state index is 11.4. The second kappa shape index (κ2) is 6.32. The Morgan fingerprint density at radius 2 is 2.05 bits per heavy atom. The number of hydrogen-bond donors (Lipinski definition) is 3. The molecule has 0 spiro atoms. The number of aromatic nitrogens is 1. The summed E-state index contributed by atoms with van der Waals surface area (Å²) in [5.74, 6) is -0.490. The maximum Gasteiger partial charge on any atom is 0.249 e. The molecule has 1 heterocycles. The highest BCUT2D eigenvalue weighted by atomic mass is 32.1. The van der Waals surface area contributed by atoms with Crippen molar-refractivity contribution in [2.24, 2.45) is 5.73 Å². The minimum atomic E-state index is -0.490. The van der Waals surface area contributed by atoms with Gasteiger partial charge in [-0.15, -0.1) is 0 Å². The Bertz CT molecular complexity index is 686.